The predicted molar refractivity (Wildman–Crippen MR) is 99.8 cm³/mol. The van der Waals surface area contributed by atoms with Gasteiger partial charge >= 0.3 is 5.97 Å². The highest BCUT2D eigenvalue weighted by atomic mass is 16.5. The number of carbonyl (C=O) groups is 1. The molecule has 0 bridgehead atoms. The van der Waals surface area contributed by atoms with E-state index in [-0.39, 0.29) is 11.3 Å². The average Bonchev–Trinajstić information content (AvgIpc) is 2.47. The number of carboxylic acids is 1. The number of carboxylic acid groups (broad SMARTS) is 1. The first kappa shape index (κ1) is 18.0. The molecule has 1 N–H and O–H groups in total. The van der Waals surface area contributed by atoms with Gasteiger partial charge in [-0.1, -0.05) is 45.4 Å². The van der Waals surface area contributed by atoms with Crippen LogP contribution in [0.1, 0.15) is 38.8 Å². The van der Waals surface area contributed by atoms with Crippen LogP contribution in [0.15, 0.2) is 23.8 Å². The number of aliphatic carboxylic acids is 1. The molecule has 1 saturated heterocycles. The SMILES string of the molecule is C[C@H]1Cc2cc(OCC(C)(C)C)ccc2C=C1CN1CC(C(=O)O)C1. The van der Waals surface area contributed by atoms with Crippen molar-refractivity contribution in [2.75, 3.05) is 26.2 Å². The van der Waals surface area contributed by atoms with Gasteiger partial charge in [-0.25, -0.2) is 0 Å². The highest BCUT2D eigenvalue weighted by Gasteiger charge is 2.33. The topological polar surface area (TPSA) is 49.8 Å². The molecule has 0 saturated carbocycles. The normalized spacial score (nSPS) is 21.3. The fourth-order valence-corrected chi connectivity index (χ4v) is 3.41. The molecule has 1 fully saturated rings. The van der Waals surface area contributed by atoms with E-state index in [1.54, 1.807) is 0 Å². The molecule has 1 aliphatic heterocycles. The molecular weight excluding hydrogens is 314 g/mol. The quantitative estimate of drug-likeness (QED) is 0.885. The average molecular weight is 343 g/mol. The van der Waals surface area contributed by atoms with Gasteiger partial charge in [-0.3, -0.25) is 9.69 Å². The van der Waals surface area contributed by atoms with Crippen molar-refractivity contribution >= 4 is 12.0 Å². The number of hydrogen-bond donors (Lipinski definition) is 1. The molecule has 1 aromatic rings. The van der Waals surface area contributed by atoms with Crippen LogP contribution in [0.25, 0.3) is 6.08 Å². The van der Waals surface area contributed by atoms with Gasteiger partial charge < -0.3 is 9.84 Å². The van der Waals surface area contributed by atoms with Gasteiger partial charge in [0.05, 0.1) is 12.5 Å². The molecule has 0 aromatic heterocycles. The lowest BCUT2D eigenvalue weighted by Gasteiger charge is -2.38. The molecule has 4 heteroatoms. The zero-order chi connectivity index (χ0) is 18.2. The van der Waals surface area contributed by atoms with Gasteiger partial charge in [-0.15, -0.1) is 0 Å². The van der Waals surface area contributed by atoms with E-state index < -0.39 is 5.97 Å². The molecule has 4 nitrogen and oxygen atoms in total. The van der Waals surface area contributed by atoms with Crippen molar-refractivity contribution in [1.29, 1.82) is 0 Å². The first-order chi connectivity index (χ1) is 11.7. The van der Waals surface area contributed by atoms with Crippen LogP contribution in [0.3, 0.4) is 0 Å². The van der Waals surface area contributed by atoms with E-state index in [1.165, 1.54) is 16.7 Å². The molecule has 1 atom stereocenters. The molecule has 2 aliphatic rings. The van der Waals surface area contributed by atoms with Gasteiger partial charge in [-0.05, 0) is 41.0 Å². The maximum Gasteiger partial charge on any atom is 0.309 e. The van der Waals surface area contributed by atoms with Crippen molar-refractivity contribution in [1.82, 2.24) is 4.90 Å². The second-order valence-electron chi connectivity index (χ2n) is 8.76. The third kappa shape index (κ3) is 4.43. The molecule has 0 spiro atoms. The molecule has 25 heavy (non-hydrogen) atoms. The molecule has 1 aliphatic carbocycles. The molecule has 3 rings (SSSR count). The van der Waals surface area contributed by atoms with Crippen LogP contribution in [0.5, 0.6) is 5.75 Å². The summed E-state index contributed by atoms with van der Waals surface area (Å²) in [6, 6.07) is 6.38. The minimum absolute atomic E-state index is 0.154. The van der Waals surface area contributed by atoms with Gasteiger partial charge in [0, 0.05) is 19.6 Å². The van der Waals surface area contributed by atoms with E-state index in [2.05, 4.69) is 56.9 Å². The number of hydrogen-bond acceptors (Lipinski definition) is 3. The monoisotopic (exact) mass is 343 g/mol. The zero-order valence-electron chi connectivity index (χ0n) is 15.7. The molecule has 1 heterocycles. The fraction of sp³-hybridized carbons (Fsp3) is 0.571. The first-order valence-electron chi connectivity index (χ1n) is 9.12. The van der Waals surface area contributed by atoms with E-state index >= 15 is 0 Å². The maximum atomic E-state index is 10.9. The van der Waals surface area contributed by atoms with E-state index in [4.69, 9.17) is 9.84 Å². The fourth-order valence-electron chi connectivity index (χ4n) is 3.41. The van der Waals surface area contributed by atoms with E-state index in [0.717, 1.165) is 18.7 Å². The summed E-state index contributed by atoms with van der Waals surface area (Å²) in [5.74, 6) is 0.573. The lowest BCUT2D eigenvalue weighted by atomic mass is 9.83. The Bertz CT molecular complexity index is 681. The largest absolute Gasteiger partial charge is 0.493 e. The molecular formula is C21H29NO3. The number of ether oxygens (including phenoxy) is 1. The summed E-state index contributed by atoms with van der Waals surface area (Å²) in [7, 11) is 0. The number of nitrogens with zero attached hydrogens (tertiary/aromatic N) is 1. The van der Waals surface area contributed by atoms with E-state index in [0.29, 0.717) is 25.6 Å². The lowest BCUT2D eigenvalue weighted by molar-refractivity contribution is -0.147. The van der Waals surface area contributed by atoms with Crippen molar-refractivity contribution < 1.29 is 14.6 Å². The smallest absolute Gasteiger partial charge is 0.309 e. The number of likely N-dealkylation sites (tertiary alicyclic amines) is 1. The van der Waals surface area contributed by atoms with E-state index in [9.17, 15) is 4.79 Å². The Morgan fingerprint density at radius 3 is 2.68 bits per heavy atom. The summed E-state index contributed by atoms with van der Waals surface area (Å²) in [6.45, 7) is 11.7. The van der Waals surface area contributed by atoms with Crippen molar-refractivity contribution in [2.24, 2.45) is 17.3 Å². The molecule has 136 valence electrons. The van der Waals surface area contributed by atoms with Crippen LogP contribution in [-0.4, -0.2) is 42.2 Å². The third-order valence-corrected chi connectivity index (χ3v) is 5.00. The van der Waals surface area contributed by atoms with Crippen molar-refractivity contribution in [3.63, 3.8) is 0 Å². The van der Waals surface area contributed by atoms with Crippen LogP contribution in [0, 0.1) is 17.3 Å². The minimum atomic E-state index is -0.671. The second kappa shape index (κ2) is 6.83. The third-order valence-electron chi connectivity index (χ3n) is 5.00. The summed E-state index contributed by atoms with van der Waals surface area (Å²) in [6.07, 6.45) is 3.30. The van der Waals surface area contributed by atoms with Crippen LogP contribution in [-0.2, 0) is 11.2 Å². The zero-order valence-corrected chi connectivity index (χ0v) is 15.7. The van der Waals surface area contributed by atoms with E-state index in [1.807, 2.05) is 0 Å². The Labute approximate surface area is 150 Å². The van der Waals surface area contributed by atoms with Crippen LogP contribution >= 0.6 is 0 Å². The van der Waals surface area contributed by atoms with Gasteiger partial charge in [-0.2, -0.15) is 0 Å². The number of rotatable bonds is 5. The van der Waals surface area contributed by atoms with Gasteiger partial charge in [0.25, 0.3) is 0 Å². The summed E-state index contributed by atoms with van der Waals surface area (Å²) in [4.78, 5) is 13.2. The molecule has 1 aromatic carbocycles. The van der Waals surface area contributed by atoms with Crippen molar-refractivity contribution in [2.45, 2.75) is 34.1 Å². The Balaban J connectivity index is 1.65. The lowest BCUT2D eigenvalue weighted by Crippen LogP contribution is -2.51. The molecule has 0 radical (unpaired) electrons. The highest BCUT2D eigenvalue weighted by molar-refractivity contribution is 5.71. The minimum Gasteiger partial charge on any atom is -0.493 e. The number of fused-ring (bicyclic) bond motifs is 1. The van der Waals surface area contributed by atoms with Gasteiger partial charge in [0.2, 0.25) is 0 Å². The van der Waals surface area contributed by atoms with Crippen LogP contribution < -0.4 is 4.74 Å². The van der Waals surface area contributed by atoms with Gasteiger partial charge in [0.15, 0.2) is 0 Å². The summed E-state index contributed by atoms with van der Waals surface area (Å²) < 4.78 is 5.94. The predicted octanol–water partition coefficient (Wildman–Crippen LogP) is 3.70. The Morgan fingerprint density at radius 2 is 2.04 bits per heavy atom. The molecule has 0 unspecified atom stereocenters. The van der Waals surface area contributed by atoms with Crippen molar-refractivity contribution in [3.8, 4) is 5.75 Å². The van der Waals surface area contributed by atoms with Crippen LogP contribution in [0.4, 0.5) is 0 Å². The maximum absolute atomic E-state index is 10.9. The summed E-state index contributed by atoms with van der Waals surface area (Å²) >= 11 is 0. The Hall–Kier alpha value is -1.81. The Kier molecular flexibility index (Phi) is 4.92. The van der Waals surface area contributed by atoms with Crippen molar-refractivity contribution in [3.05, 3.63) is 34.9 Å². The number of benzene rings is 1. The summed E-state index contributed by atoms with van der Waals surface area (Å²) in [5.41, 5.74) is 4.17. The highest BCUT2D eigenvalue weighted by Crippen LogP contribution is 2.32. The first-order valence-corrected chi connectivity index (χ1v) is 9.12. The summed E-state index contributed by atoms with van der Waals surface area (Å²) in [5, 5.41) is 9.01. The molecule has 0 amide bonds. The standard InChI is InChI=1S/C21H29NO3/c1-14-7-16-9-19(25-13-21(2,3)4)6-5-15(16)8-17(14)10-22-11-18(12-22)20(23)24/h5-6,8-9,14,18H,7,10-13H2,1-4H3,(H,23,24)/t14-/m0/s1. The Morgan fingerprint density at radius 1 is 1.32 bits per heavy atom. The second-order valence-corrected chi connectivity index (χ2v) is 8.76. The van der Waals surface area contributed by atoms with Crippen LogP contribution in [0.2, 0.25) is 0 Å². The van der Waals surface area contributed by atoms with Gasteiger partial charge in [0.1, 0.15) is 5.75 Å².